The second kappa shape index (κ2) is 9.73. The van der Waals surface area contributed by atoms with Crippen molar-refractivity contribution in [3.8, 4) is 0 Å². The van der Waals surface area contributed by atoms with Gasteiger partial charge in [-0.2, -0.15) is 0 Å². The summed E-state index contributed by atoms with van der Waals surface area (Å²) in [6.07, 6.45) is 0.861. The number of rotatable bonds is 7. The molecule has 0 saturated heterocycles. The minimum atomic E-state index is -0.829. The maximum Gasteiger partial charge on any atom is 0.315 e. The smallest absolute Gasteiger partial charge is 0.315 e. The molecule has 2 aromatic rings. The lowest BCUT2D eigenvalue weighted by Gasteiger charge is -2.25. The van der Waals surface area contributed by atoms with E-state index < -0.39 is 12.1 Å². The van der Waals surface area contributed by atoms with Crippen LogP contribution < -0.4 is 15.5 Å². The highest BCUT2D eigenvalue weighted by molar-refractivity contribution is 6.01. The predicted octanol–water partition coefficient (Wildman–Crippen LogP) is 2.57. The van der Waals surface area contributed by atoms with Crippen molar-refractivity contribution in [2.24, 2.45) is 0 Å². The van der Waals surface area contributed by atoms with Crippen LogP contribution in [-0.2, 0) is 20.7 Å². The second-order valence-corrected chi connectivity index (χ2v) is 6.67. The molecule has 1 heterocycles. The van der Waals surface area contributed by atoms with E-state index in [0.717, 1.165) is 17.7 Å². The Morgan fingerprint density at radius 3 is 2.55 bits per heavy atom. The van der Waals surface area contributed by atoms with Gasteiger partial charge in [0.05, 0.1) is 13.0 Å². The molecule has 152 valence electrons. The summed E-state index contributed by atoms with van der Waals surface area (Å²) in [4.78, 5) is 38.8. The van der Waals surface area contributed by atoms with E-state index in [1.165, 1.54) is 0 Å². The number of amides is 3. The number of ether oxygens (including phenoxy) is 1. The van der Waals surface area contributed by atoms with Crippen LogP contribution in [0.1, 0.15) is 30.5 Å². The summed E-state index contributed by atoms with van der Waals surface area (Å²) in [6, 6.07) is 15.6. The molecule has 0 fully saturated rings. The number of carbonyl (C=O) groups is 3. The Hall–Kier alpha value is -3.35. The van der Waals surface area contributed by atoms with Crippen molar-refractivity contribution in [3.05, 3.63) is 65.7 Å². The van der Waals surface area contributed by atoms with Crippen LogP contribution in [0.25, 0.3) is 0 Å². The third kappa shape index (κ3) is 5.13. The molecule has 0 aromatic heterocycles. The number of carbonyl (C=O) groups excluding carboxylic acids is 3. The first-order chi connectivity index (χ1) is 14.1. The van der Waals surface area contributed by atoms with E-state index in [2.05, 4.69) is 10.6 Å². The van der Waals surface area contributed by atoms with Gasteiger partial charge in [-0.05, 0) is 30.5 Å². The van der Waals surface area contributed by atoms with E-state index >= 15 is 0 Å². The maximum absolute atomic E-state index is 13.3. The van der Waals surface area contributed by atoms with Gasteiger partial charge < -0.3 is 20.3 Å². The molecule has 7 nitrogen and oxygen atoms in total. The minimum Gasteiger partial charge on any atom is -0.466 e. The first kappa shape index (κ1) is 20.4. The number of nitrogens with one attached hydrogen (secondary N) is 2. The Balaban J connectivity index is 1.70. The molecule has 3 rings (SSSR count). The van der Waals surface area contributed by atoms with Crippen molar-refractivity contribution in [1.82, 2.24) is 10.6 Å². The molecule has 0 aliphatic carbocycles. The highest BCUT2D eigenvalue weighted by Crippen LogP contribution is 2.30. The molecule has 0 radical (unpaired) electrons. The molecule has 1 atom stereocenters. The second-order valence-electron chi connectivity index (χ2n) is 6.67. The number of hydrogen-bond acceptors (Lipinski definition) is 4. The summed E-state index contributed by atoms with van der Waals surface area (Å²) in [7, 11) is 0. The zero-order valence-electron chi connectivity index (χ0n) is 16.4. The third-order valence-electron chi connectivity index (χ3n) is 4.73. The lowest BCUT2D eigenvalue weighted by molar-refractivity contribution is -0.142. The molecule has 2 N–H and O–H groups in total. The SMILES string of the molecule is CCOC(=O)CCNC(=O)NC(C(=O)N1CCc2ccccc21)c1ccccc1. The quantitative estimate of drug-likeness (QED) is 0.706. The number of benzene rings is 2. The lowest BCUT2D eigenvalue weighted by atomic mass is 10.1. The van der Waals surface area contributed by atoms with Gasteiger partial charge in [0.2, 0.25) is 0 Å². The van der Waals surface area contributed by atoms with Crippen molar-refractivity contribution >= 4 is 23.6 Å². The van der Waals surface area contributed by atoms with Crippen LogP contribution >= 0.6 is 0 Å². The van der Waals surface area contributed by atoms with Crippen LogP contribution in [0.3, 0.4) is 0 Å². The summed E-state index contributed by atoms with van der Waals surface area (Å²) in [6.45, 7) is 2.73. The molecule has 0 spiro atoms. The number of urea groups is 1. The van der Waals surface area contributed by atoms with E-state index in [1.54, 1.807) is 11.8 Å². The molecule has 2 aromatic carbocycles. The molecule has 1 aliphatic heterocycles. The molecular weight excluding hydrogens is 370 g/mol. The number of nitrogens with zero attached hydrogens (tertiary/aromatic N) is 1. The van der Waals surface area contributed by atoms with Crippen LogP contribution in [-0.4, -0.2) is 37.6 Å². The van der Waals surface area contributed by atoms with Crippen LogP contribution in [0.2, 0.25) is 0 Å². The Bertz CT molecular complexity index is 869. The maximum atomic E-state index is 13.3. The van der Waals surface area contributed by atoms with Gasteiger partial charge in [-0.15, -0.1) is 0 Å². The van der Waals surface area contributed by atoms with Crippen LogP contribution in [0, 0.1) is 0 Å². The largest absolute Gasteiger partial charge is 0.466 e. The average Bonchev–Trinajstić information content (AvgIpc) is 3.16. The van der Waals surface area contributed by atoms with Crippen molar-refractivity contribution < 1.29 is 19.1 Å². The summed E-state index contributed by atoms with van der Waals surface area (Å²) in [5.74, 6) is -0.571. The fourth-order valence-corrected chi connectivity index (χ4v) is 3.35. The summed E-state index contributed by atoms with van der Waals surface area (Å²) >= 11 is 0. The average molecular weight is 395 g/mol. The fraction of sp³-hybridized carbons (Fsp3) is 0.318. The van der Waals surface area contributed by atoms with Gasteiger partial charge in [0.1, 0.15) is 6.04 Å². The molecular formula is C22H25N3O4. The summed E-state index contributed by atoms with van der Waals surface area (Å²) < 4.78 is 4.84. The topological polar surface area (TPSA) is 87.7 Å². The zero-order chi connectivity index (χ0) is 20.6. The molecule has 1 aliphatic rings. The van der Waals surface area contributed by atoms with E-state index in [1.807, 2.05) is 54.6 Å². The Morgan fingerprint density at radius 2 is 1.79 bits per heavy atom. The van der Waals surface area contributed by atoms with Crippen molar-refractivity contribution in [1.29, 1.82) is 0 Å². The molecule has 1 unspecified atom stereocenters. The molecule has 0 saturated carbocycles. The number of hydrogen-bond donors (Lipinski definition) is 2. The molecule has 3 amide bonds. The molecule has 7 heteroatoms. The molecule has 29 heavy (non-hydrogen) atoms. The Kier molecular flexibility index (Phi) is 6.84. The number of anilines is 1. The monoisotopic (exact) mass is 395 g/mol. The first-order valence-corrected chi connectivity index (χ1v) is 9.74. The highest BCUT2D eigenvalue weighted by atomic mass is 16.5. The first-order valence-electron chi connectivity index (χ1n) is 9.74. The highest BCUT2D eigenvalue weighted by Gasteiger charge is 2.32. The van der Waals surface area contributed by atoms with Crippen LogP contribution in [0.5, 0.6) is 0 Å². The van der Waals surface area contributed by atoms with Crippen molar-refractivity contribution in [2.45, 2.75) is 25.8 Å². The predicted molar refractivity (Wildman–Crippen MR) is 109 cm³/mol. The minimum absolute atomic E-state index is 0.0741. The van der Waals surface area contributed by atoms with E-state index in [-0.39, 0.29) is 24.8 Å². The lowest BCUT2D eigenvalue weighted by Crippen LogP contribution is -2.46. The third-order valence-corrected chi connectivity index (χ3v) is 4.73. The number of esters is 1. The van der Waals surface area contributed by atoms with Crippen molar-refractivity contribution in [2.75, 3.05) is 24.6 Å². The fourth-order valence-electron chi connectivity index (χ4n) is 3.35. The number of para-hydroxylation sites is 1. The Morgan fingerprint density at radius 1 is 1.07 bits per heavy atom. The van der Waals surface area contributed by atoms with Crippen LogP contribution in [0.4, 0.5) is 10.5 Å². The van der Waals surface area contributed by atoms with Gasteiger partial charge in [0, 0.05) is 18.8 Å². The van der Waals surface area contributed by atoms with Gasteiger partial charge in [-0.25, -0.2) is 4.79 Å². The number of fused-ring (bicyclic) bond motifs is 1. The summed E-state index contributed by atoms with van der Waals surface area (Å²) in [5, 5.41) is 5.37. The standard InChI is InChI=1S/C22H25N3O4/c1-2-29-19(26)12-14-23-22(28)24-20(17-9-4-3-5-10-17)21(27)25-15-13-16-8-6-7-11-18(16)25/h3-11,20H,2,12-15H2,1H3,(H2,23,24,28). The van der Waals surface area contributed by atoms with E-state index in [9.17, 15) is 14.4 Å². The van der Waals surface area contributed by atoms with Gasteiger partial charge >= 0.3 is 12.0 Å². The van der Waals surface area contributed by atoms with Gasteiger partial charge in [-0.1, -0.05) is 48.5 Å². The van der Waals surface area contributed by atoms with Gasteiger partial charge in [0.15, 0.2) is 0 Å². The van der Waals surface area contributed by atoms with Gasteiger partial charge in [0.25, 0.3) is 5.91 Å². The van der Waals surface area contributed by atoms with Crippen LogP contribution in [0.15, 0.2) is 54.6 Å². The van der Waals surface area contributed by atoms with Gasteiger partial charge in [-0.3, -0.25) is 9.59 Å². The van der Waals surface area contributed by atoms with E-state index in [4.69, 9.17) is 4.74 Å². The molecule has 0 bridgehead atoms. The normalized spacial score (nSPS) is 13.3. The Labute approximate surface area is 170 Å². The van der Waals surface area contributed by atoms with E-state index in [0.29, 0.717) is 18.7 Å². The zero-order valence-corrected chi connectivity index (χ0v) is 16.4. The summed E-state index contributed by atoms with van der Waals surface area (Å²) in [5.41, 5.74) is 2.69. The van der Waals surface area contributed by atoms with Crippen molar-refractivity contribution in [3.63, 3.8) is 0 Å².